The highest BCUT2D eigenvalue weighted by atomic mass is 79.9. The van der Waals surface area contributed by atoms with Gasteiger partial charge in [0, 0.05) is 6.42 Å². The van der Waals surface area contributed by atoms with Crippen molar-refractivity contribution >= 4 is 37.8 Å². The molecule has 0 atom stereocenters. The minimum absolute atomic E-state index is 0.108. The van der Waals surface area contributed by atoms with Gasteiger partial charge < -0.3 is 14.4 Å². The molecule has 0 aliphatic rings. The average Bonchev–Trinajstić information content (AvgIpc) is 2.85. The number of hydrogen-bond donors (Lipinski definition) is 1. The molecule has 0 unspecified atom stereocenters. The van der Waals surface area contributed by atoms with Crippen molar-refractivity contribution < 1.29 is 19.2 Å². The van der Waals surface area contributed by atoms with Crippen LogP contribution in [0.15, 0.2) is 25.6 Å². The molecule has 1 aromatic heterocycles. The number of carbonyl (C=O) groups is 1. The topological polar surface area (TPSA) is 85.5 Å². The Morgan fingerprint density at radius 2 is 2.05 bits per heavy atom. The number of aromatic carboxylic acids is 1. The second kappa shape index (κ2) is 6.36. The predicted molar refractivity (Wildman–Crippen MR) is 76.8 cm³/mol. The molecule has 0 fully saturated rings. The van der Waals surface area contributed by atoms with E-state index in [9.17, 15) is 4.79 Å². The second-order valence-electron chi connectivity index (χ2n) is 3.82. The van der Waals surface area contributed by atoms with Gasteiger partial charge in [-0.05, 0) is 44.0 Å². The first-order valence-electron chi connectivity index (χ1n) is 5.67. The van der Waals surface area contributed by atoms with E-state index in [1.165, 1.54) is 12.1 Å². The van der Waals surface area contributed by atoms with E-state index in [1.54, 1.807) is 0 Å². The molecule has 6 nitrogen and oxygen atoms in total. The second-order valence-corrected chi connectivity index (χ2v) is 5.53. The van der Waals surface area contributed by atoms with Crippen molar-refractivity contribution in [2.75, 3.05) is 0 Å². The largest absolute Gasteiger partial charge is 0.481 e. The third-order valence-electron chi connectivity index (χ3n) is 2.41. The van der Waals surface area contributed by atoms with Crippen molar-refractivity contribution in [3.05, 3.63) is 38.4 Å². The summed E-state index contributed by atoms with van der Waals surface area (Å²) in [7, 11) is 0. The lowest BCUT2D eigenvalue weighted by atomic mass is 10.2. The Morgan fingerprint density at radius 1 is 1.40 bits per heavy atom. The molecular formula is C12H10Br2N2O4. The molecule has 8 heteroatoms. The third-order valence-corrected chi connectivity index (χ3v) is 3.59. The van der Waals surface area contributed by atoms with Crippen molar-refractivity contribution in [1.82, 2.24) is 10.1 Å². The van der Waals surface area contributed by atoms with E-state index in [-0.39, 0.29) is 12.2 Å². The molecule has 1 N–H and O–H groups in total. The molecule has 20 heavy (non-hydrogen) atoms. The van der Waals surface area contributed by atoms with Gasteiger partial charge in [-0.25, -0.2) is 4.79 Å². The summed E-state index contributed by atoms with van der Waals surface area (Å²) in [6, 6.07) is 2.93. The van der Waals surface area contributed by atoms with Crippen molar-refractivity contribution in [1.29, 1.82) is 0 Å². The quantitative estimate of drug-likeness (QED) is 0.819. The van der Waals surface area contributed by atoms with Crippen molar-refractivity contribution in [2.45, 2.75) is 20.0 Å². The predicted octanol–water partition coefficient (Wildman–Crippen LogP) is 3.43. The first-order chi connectivity index (χ1) is 9.51. The van der Waals surface area contributed by atoms with Crippen molar-refractivity contribution in [3.63, 3.8) is 0 Å². The average molecular weight is 406 g/mol. The normalized spacial score (nSPS) is 10.6. The van der Waals surface area contributed by atoms with Crippen LogP contribution in [0.2, 0.25) is 0 Å². The van der Waals surface area contributed by atoms with Gasteiger partial charge in [0.15, 0.2) is 12.4 Å². The summed E-state index contributed by atoms with van der Waals surface area (Å²) >= 11 is 6.55. The SMILES string of the molecule is CCc1noc(COc2c(Br)cc(C(=O)O)cc2Br)n1. The maximum absolute atomic E-state index is 10.9. The highest BCUT2D eigenvalue weighted by Crippen LogP contribution is 2.35. The molecule has 1 heterocycles. The van der Waals surface area contributed by atoms with Crippen LogP contribution in [0.3, 0.4) is 0 Å². The summed E-state index contributed by atoms with van der Waals surface area (Å²) in [5, 5.41) is 12.7. The zero-order valence-corrected chi connectivity index (χ0v) is 13.6. The Hall–Kier alpha value is -1.41. The molecule has 0 bridgehead atoms. The lowest BCUT2D eigenvalue weighted by molar-refractivity contribution is 0.0696. The van der Waals surface area contributed by atoms with E-state index in [2.05, 4.69) is 42.0 Å². The van der Waals surface area contributed by atoms with E-state index >= 15 is 0 Å². The van der Waals surface area contributed by atoms with Crippen LogP contribution < -0.4 is 4.74 Å². The maximum Gasteiger partial charge on any atom is 0.335 e. The number of halogens is 2. The third kappa shape index (κ3) is 3.37. The summed E-state index contributed by atoms with van der Waals surface area (Å²) in [5.41, 5.74) is 0.155. The number of benzene rings is 1. The fourth-order valence-electron chi connectivity index (χ4n) is 1.45. The minimum Gasteiger partial charge on any atom is -0.481 e. The molecule has 0 radical (unpaired) electrons. The Bertz CT molecular complexity index is 619. The van der Waals surface area contributed by atoms with Gasteiger partial charge in [-0.2, -0.15) is 4.98 Å². The van der Waals surface area contributed by atoms with E-state index < -0.39 is 5.97 Å². The Kier molecular flexibility index (Phi) is 4.77. The van der Waals surface area contributed by atoms with Gasteiger partial charge in [-0.1, -0.05) is 12.1 Å². The molecule has 0 aliphatic carbocycles. The molecule has 0 spiro atoms. The van der Waals surface area contributed by atoms with Gasteiger partial charge in [0.1, 0.15) is 5.75 Å². The summed E-state index contributed by atoms with van der Waals surface area (Å²) < 4.78 is 11.6. The molecule has 0 aliphatic heterocycles. The highest BCUT2D eigenvalue weighted by molar-refractivity contribution is 9.11. The maximum atomic E-state index is 10.9. The van der Waals surface area contributed by atoms with Gasteiger partial charge in [0.05, 0.1) is 14.5 Å². The zero-order chi connectivity index (χ0) is 14.7. The Morgan fingerprint density at radius 3 is 2.55 bits per heavy atom. The van der Waals surface area contributed by atoms with Gasteiger partial charge in [-0.3, -0.25) is 0 Å². The number of carboxylic acids is 1. The van der Waals surface area contributed by atoms with E-state index in [1.807, 2.05) is 6.92 Å². The van der Waals surface area contributed by atoms with Crippen LogP contribution >= 0.6 is 31.9 Å². The van der Waals surface area contributed by atoms with Gasteiger partial charge in [0.25, 0.3) is 5.89 Å². The van der Waals surface area contributed by atoms with E-state index in [4.69, 9.17) is 14.4 Å². The van der Waals surface area contributed by atoms with Crippen LogP contribution in [0.25, 0.3) is 0 Å². The lowest BCUT2D eigenvalue weighted by Crippen LogP contribution is -2.01. The molecular weight excluding hydrogens is 396 g/mol. The smallest absolute Gasteiger partial charge is 0.335 e. The van der Waals surface area contributed by atoms with Crippen LogP contribution in [-0.4, -0.2) is 21.2 Å². The molecule has 0 amide bonds. The van der Waals surface area contributed by atoms with Crippen LogP contribution in [-0.2, 0) is 13.0 Å². The summed E-state index contributed by atoms with van der Waals surface area (Å²) in [6.07, 6.45) is 0.685. The number of nitrogens with zero attached hydrogens (tertiary/aromatic N) is 2. The number of aryl methyl sites for hydroxylation is 1. The molecule has 2 rings (SSSR count). The standard InChI is InChI=1S/C12H10Br2N2O4/c1-2-9-15-10(20-16-9)5-19-11-7(13)3-6(12(17)18)4-8(11)14/h3-4H,2,5H2,1H3,(H,17,18). The molecule has 1 aromatic carbocycles. The molecule has 0 saturated carbocycles. The zero-order valence-electron chi connectivity index (χ0n) is 10.4. The van der Waals surface area contributed by atoms with Gasteiger partial charge in [-0.15, -0.1) is 0 Å². The summed E-state index contributed by atoms with van der Waals surface area (Å²) in [4.78, 5) is 15.0. The fraction of sp³-hybridized carbons (Fsp3) is 0.250. The highest BCUT2D eigenvalue weighted by Gasteiger charge is 2.14. The van der Waals surface area contributed by atoms with Crippen LogP contribution in [0.1, 0.15) is 29.0 Å². The first kappa shape index (κ1) is 15.0. The monoisotopic (exact) mass is 404 g/mol. The number of rotatable bonds is 5. The van der Waals surface area contributed by atoms with Crippen LogP contribution in [0, 0.1) is 0 Å². The number of ether oxygens (including phenoxy) is 1. The van der Waals surface area contributed by atoms with Crippen LogP contribution in [0.4, 0.5) is 0 Å². The Labute approximate surface area is 131 Å². The van der Waals surface area contributed by atoms with Crippen molar-refractivity contribution in [3.8, 4) is 5.75 Å². The number of hydrogen-bond acceptors (Lipinski definition) is 5. The summed E-state index contributed by atoms with van der Waals surface area (Å²) in [6.45, 7) is 2.03. The molecule has 0 saturated heterocycles. The van der Waals surface area contributed by atoms with Gasteiger partial charge in [0.2, 0.25) is 0 Å². The molecule has 106 valence electrons. The van der Waals surface area contributed by atoms with E-state index in [0.717, 1.165) is 0 Å². The first-order valence-corrected chi connectivity index (χ1v) is 7.26. The number of carboxylic acid groups (broad SMARTS) is 1. The van der Waals surface area contributed by atoms with E-state index in [0.29, 0.717) is 32.8 Å². The molecule has 2 aromatic rings. The Balaban J connectivity index is 2.15. The van der Waals surface area contributed by atoms with Crippen LogP contribution in [0.5, 0.6) is 5.75 Å². The van der Waals surface area contributed by atoms with Gasteiger partial charge >= 0.3 is 5.97 Å². The fourth-order valence-corrected chi connectivity index (χ4v) is 2.86. The minimum atomic E-state index is -1.01. The van der Waals surface area contributed by atoms with Crippen molar-refractivity contribution in [2.24, 2.45) is 0 Å². The number of aromatic nitrogens is 2. The summed E-state index contributed by atoms with van der Waals surface area (Å²) in [5.74, 6) is 0.444. The lowest BCUT2D eigenvalue weighted by Gasteiger charge is -2.09.